The monoisotopic (exact) mass is 281 g/mol. The van der Waals surface area contributed by atoms with Gasteiger partial charge in [-0.05, 0) is 34.3 Å². The maximum absolute atomic E-state index is 13.1. The number of thioether (sulfide) groups is 1. The average molecular weight is 282 g/mol. The summed E-state index contributed by atoms with van der Waals surface area (Å²) < 4.78 is 27.0. The van der Waals surface area contributed by atoms with Crippen molar-refractivity contribution in [1.29, 1.82) is 0 Å². The third kappa shape index (κ3) is 2.46. The van der Waals surface area contributed by atoms with E-state index in [1.807, 2.05) is 6.26 Å². The van der Waals surface area contributed by atoms with Crippen molar-refractivity contribution in [3.05, 3.63) is 28.2 Å². The van der Waals surface area contributed by atoms with Crippen LogP contribution in [0.25, 0.3) is 0 Å². The molecular formula is C9H10BrF2NS. The fraction of sp³-hybridized carbons (Fsp3) is 0.333. The normalized spacial score (nSPS) is 11.8. The standard InChI is InChI=1S/C9H10BrF2NS/c1-14-8-3-2-6(4-7(8)10)9(11,12)5-13/h2-4H,5,13H2,1H3. The predicted molar refractivity (Wildman–Crippen MR) is 58.9 cm³/mol. The molecule has 0 spiro atoms. The Labute approximate surface area is 94.2 Å². The highest BCUT2D eigenvalue weighted by molar-refractivity contribution is 9.10. The molecule has 5 heteroatoms. The zero-order valence-electron chi connectivity index (χ0n) is 7.56. The van der Waals surface area contributed by atoms with E-state index in [1.165, 1.54) is 23.9 Å². The van der Waals surface area contributed by atoms with Crippen LogP contribution >= 0.6 is 27.7 Å². The lowest BCUT2D eigenvalue weighted by molar-refractivity contribution is 0.00584. The Morgan fingerprint density at radius 1 is 1.50 bits per heavy atom. The minimum absolute atomic E-state index is 0.0512. The minimum Gasteiger partial charge on any atom is -0.325 e. The maximum atomic E-state index is 13.1. The summed E-state index contributed by atoms with van der Waals surface area (Å²) in [5, 5.41) is 0. The lowest BCUT2D eigenvalue weighted by Gasteiger charge is -2.15. The molecule has 1 nitrogen and oxygen atoms in total. The van der Waals surface area contributed by atoms with E-state index in [0.29, 0.717) is 4.47 Å². The number of alkyl halides is 2. The molecule has 1 aromatic rings. The van der Waals surface area contributed by atoms with E-state index in [-0.39, 0.29) is 5.56 Å². The second-order valence-corrected chi connectivity index (χ2v) is 4.46. The van der Waals surface area contributed by atoms with Gasteiger partial charge in [-0.25, -0.2) is 0 Å². The number of rotatable bonds is 3. The Morgan fingerprint density at radius 2 is 2.14 bits per heavy atom. The van der Waals surface area contributed by atoms with Crippen molar-refractivity contribution < 1.29 is 8.78 Å². The summed E-state index contributed by atoms with van der Waals surface area (Å²) in [6.07, 6.45) is 1.89. The topological polar surface area (TPSA) is 26.0 Å². The second kappa shape index (κ2) is 4.59. The van der Waals surface area contributed by atoms with Crippen LogP contribution in [0.15, 0.2) is 27.6 Å². The van der Waals surface area contributed by atoms with Gasteiger partial charge >= 0.3 is 0 Å². The number of benzene rings is 1. The van der Waals surface area contributed by atoms with Crippen LogP contribution in [-0.4, -0.2) is 12.8 Å². The molecule has 1 aromatic carbocycles. The molecule has 0 saturated carbocycles. The van der Waals surface area contributed by atoms with Gasteiger partial charge in [0.25, 0.3) is 5.92 Å². The van der Waals surface area contributed by atoms with Gasteiger partial charge in [0.15, 0.2) is 0 Å². The first-order chi connectivity index (χ1) is 6.51. The van der Waals surface area contributed by atoms with Crippen molar-refractivity contribution in [2.45, 2.75) is 10.8 Å². The van der Waals surface area contributed by atoms with Gasteiger partial charge in [0.2, 0.25) is 0 Å². The van der Waals surface area contributed by atoms with E-state index in [0.717, 1.165) is 4.90 Å². The lowest BCUT2D eigenvalue weighted by atomic mass is 10.1. The van der Waals surface area contributed by atoms with Crippen molar-refractivity contribution in [3.63, 3.8) is 0 Å². The first-order valence-corrected chi connectivity index (χ1v) is 5.95. The van der Waals surface area contributed by atoms with Crippen molar-refractivity contribution in [1.82, 2.24) is 0 Å². The molecule has 0 atom stereocenters. The number of hydrogen-bond acceptors (Lipinski definition) is 2. The van der Waals surface area contributed by atoms with Gasteiger partial charge in [0.1, 0.15) is 0 Å². The van der Waals surface area contributed by atoms with E-state index in [9.17, 15) is 8.78 Å². The Bertz CT molecular complexity index is 331. The predicted octanol–water partition coefficient (Wildman–Crippen LogP) is 3.22. The van der Waals surface area contributed by atoms with E-state index in [2.05, 4.69) is 15.9 Å². The lowest BCUT2D eigenvalue weighted by Crippen LogP contribution is -2.24. The third-order valence-corrected chi connectivity index (χ3v) is 3.54. The molecule has 0 aliphatic carbocycles. The van der Waals surface area contributed by atoms with Crippen LogP contribution in [0.5, 0.6) is 0 Å². The molecule has 0 unspecified atom stereocenters. The van der Waals surface area contributed by atoms with Crippen LogP contribution in [0.1, 0.15) is 5.56 Å². The molecule has 0 aliphatic rings. The minimum atomic E-state index is -2.94. The van der Waals surface area contributed by atoms with Crippen LogP contribution in [0.2, 0.25) is 0 Å². The fourth-order valence-corrected chi connectivity index (χ4v) is 2.33. The molecule has 0 aliphatic heterocycles. The van der Waals surface area contributed by atoms with E-state index >= 15 is 0 Å². The highest BCUT2D eigenvalue weighted by Crippen LogP contribution is 2.33. The summed E-state index contributed by atoms with van der Waals surface area (Å²) in [5.41, 5.74) is 4.94. The zero-order chi connectivity index (χ0) is 10.8. The summed E-state index contributed by atoms with van der Waals surface area (Å²) in [5.74, 6) is -2.94. The smallest absolute Gasteiger partial charge is 0.285 e. The number of nitrogens with two attached hydrogens (primary N) is 1. The van der Waals surface area contributed by atoms with Crippen LogP contribution in [-0.2, 0) is 5.92 Å². The molecule has 0 amide bonds. The molecule has 14 heavy (non-hydrogen) atoms. The third-order valence-electron chi connectivity index (χ3n) is 1.83. The highest BCUT2D eigenvalue weighted by atomic mass is 79.9. The maximum Gasteiger partial charge on any atom is 0.285 e. The molecular weight excluding hydrogens is 272 g/mol. The summed E-state index contributed by atoms with van der Waals surface area (Å²) in [7, 11) is 0. The van der Waals surface area contributed by atoms with Gasteiger partial charge in [-0.3, -0.25) is 0 Å². The molecule has 0 aromatic heterocycles. The zero-order valence-corrected chi connectivity index (χ0v) is 9.96. The summed E-state index contributed by atoms with van der Waals surface area (Å²) in [6.45, 7) is -0.669. The van der Waals surface area contributed by atoms with Gasteiger partial charge in [-0.1, -0.05) is 6.07 Å². The summed E-state index contributed by atoms with van der Waals surface area (Å²) in [6, 6.07) is 4.48. The Kier molecular flexibility index (Phi) is 3.92. The molecule has 0 radical (unpaired) electrons. The SMILES string of the molecule is CSc1ccc(C(F)(F)CN)cc1Br. The average Bonchev–Trinajstić information content (AvgIpc) is 2.17. The van der Waals surface area contributed by atoms with Crippen molar-refractivity contribution >= 4 is 27.7 Å². The first kappa shape index (κ1) is 11.9. The molecule has 1 rings (SSSR count). The number of halogens is 3. The molecule has 78 valence electrons. The van der Waals surface area contributed by atoms with E-state index in [1.54, 1.807) is 6.07 Å². The van der Waals surface area contributed by atoms with Crippen molar-refractivity contribution in [2.24, 2.45) is 5.73 Å². The van der Waals surface area contributed by atoms with Gasteiger partial charge in [0.05, 0.1) is 6.54 Å². The molecule has 0 heterocycles. The Balaban J connectivity index is 3.08. The molecule has 0 fully saturated rings. The van der Waals surface area contributed by atoms with Gasteiger partial charge in [-0.15, -0.1) is 11.8 Å². The van der Waals surface area contributed by atoms with E-state index < -0.39 is 12.5 Å². The highest BCUT2D eigenvalue weighted by Gasteiger charge is 2.29. The van der Waals surface area contributed by atoms with Crippen LogP contribution in [0, 0.1) is 0 Å². The largest absolute Gasteiger partial charge is 0.325 e. The molecule has 0 bridgehead atoms. The Morgan fingerprint density at radius 3 is 2.57 bits per heavy atom. The quantitative estimate of drug-likeness (QED) is 0.861. The van der Waals surface area contributed by atoms with Crippen LogP contribution < -0.4 is 5.73 Å². The summed E-state index contributed by atoms with van der Waals surface area (Å²) >= 11 is 4.73. The van der Waals surface area contributed by atoms with Gasteiger partial charge < -0.3 is 5.73 Å². The Hall–Kier alpha value is -0.130. The second-order valence-electron chi connectivity index (χ2n) is 2.76. The molecule has 2 N–H and O–H groups in total. The van der Waals surface area contributed by atoms with Gasteiger partial charge in [-0.2, -0.15) is 8.78 Å². The number of hydrogen-bond donors (Lipinski definition) is 1. The fourth-order valence-electron chi connectivity index (χ4n) is 1.01. The van der Waals surface area contributed by atoms with Crippen LogP contribution in [0.3, 0.4) is 0 Å². The van der Waals surface area contributed by atoms with Crippen molar-refractivity contribution in [2.75, 3.05) is 12.8 Å². The first-order valence-electron chi connectivity index (χ1n) is 3.93. The van der Waals surface area contributed by atoms with Crippen molar-refractivity contribution in [3.8, 4) is 0 Å². The van der Waals surface area contributed by atoms with Crippen LogP contribution in [0.4, 0.5) is 8.78 Å². The van der Waals surface area contributed by atoms with Gasteiger partial charge in [0, 0.05) is 14.9 Å². The summed E-state index contributed by atoms with van der Waals surface area (Å²) in [4.78, 5) is 0.932. The molecule has 0 saturated heterocycles. The van der Waals surface area contributed by atoms with E-state index in [4.69, 9.17) is 5.73 Å².